The van der Waals surface area contributed by atoms with Crippen molar-refractivity contribution in [2.24, 2.45) is 0 Å². The van der Waals surface area contributed by atoms with Gasteiger partial charge in [-0.15, -0.1) is 0 Å². The SMILES string of the molecule is O=C(O)CCCCCN1Cc2ccc(C(=O)O)cc2C1. The van der Waals surface area contributed by atoms with E-state index in [1.54, 1.807) is 12.1 Å². The molecule has 5 heteroatoms. The van der Waals surface area contributed by atoms with Crippen LogP contribution in [0.2, 0.25) is 0 Å². The molecule has 0 unspecified atom stereocenters. The van der Waals surface area contributed by atoms with Crippen molar-refractivity contribution in [3.05, 3.63) is 34.9 Å². The van der Waals surface area contributed by atoms with Gasteiger partial charge >= 0.3 is 11.9 Å². The van der Waals surface area contributed by atoms with Crippen molar-refractivity contribution in [1.29, 1.82) is 0 Å². The highest BCUT2D eigenvalue weighted by Crippen LogP contribution is 2.24. The van der Waals surface area contributed by atoms with Gasteiger partial charge in [-0.2, -0.15) is 0 Å². The van der Waals surface area contributed by atoms with Crippen molar-refractivity contribution in [3.8, 4) is 0 Å². The number of benzene rings is 1. The fraction of sp³-hybridized carbons (Fsp3) is 0.467. The zero-order valence-corrected chi connectivity index (χ0v) is 11.3. The molecule has 5 nitrogen and oxygen atoms in total. The summed E-state index contributed by atoms with van der Waals surface area (Å²) >= 11 is 0. The molecule has 0 saturated heterocycles. The van der Waals surface area contributed by atoms with E-state index < -0.39 is 11.9 Å². The minimum Gasteiger partial charge on any atom is -0.481 e. The summed E-state index contributed by atoms with van der Waals surface area (Å²) in [6, 6.07) is 5.29. The molecule has 0 aliphatic carbocycles. The summed E-state index contributed by atoms with van der Waals surface area (Å²) in [6.07, 6.45) is 2.86. The lowest BCUT2D eigenvalue weighted by Gasteiger charge is -2.13. The number of aromatic carboxylic acids is 1. The number of hydrogen-bond donors (Lipinski definition) is 2. The Hall–Kier alpha value is -1.88. The minimum absolute atomic E-state index is 0.238. The molecule has 1 aliphatic rings. The second kappa shape index (κ2) is 6.52. The smallest absolute Gasteiger partial charge is 0.335 e. The normalized spacial score (nSPS) is 14.2. The molecule has 0 bridgehead atoms. The molecule has 0 aromatic heterocycles. The van der Waals surface area contributed by atoms with Gasteiger partial charge in [0.25, 0.3) is 0 Å². The summed E-state index contributed by atoms with van der Waals surface area (Å²) in [6.45, 7) is 2.57. The van der Waals surface area contributed by atoms with E-state index in [1.807, 2.05) is 6.07 Å². The number of rotatable bonds is 7. The number of unbranched alkanes of at least 4 members (excludes halogenated alkanes) is 2. The zero-order chi connectivity index (χ0) is 14.5. The number of fused-ring (bicyclic) bond motifs is 1. The van der Waals surface area contributed by atoms with Crippen LogP contribution in [-0.2, 0) is 17.9 Å². The lowest BCUT2D eigenvalue weighted by Crippen LogP contribution is -2.17. The Morgan fingerprint density at radius 2 is 1.80 bits per heavy atom. The van der Waals surface area contributed by atoms with Gasteiger partial charge in [-0.05, 0) is 42.6 Å². The van der Waals surface area contributed by atoms with Crippen LogP contribution in [0.3, 0.4) is 0 Å². The van der Waals surface area contributed by atoms with Crippen LogP contribution < -0.4 is 0 Å². The molecule has 0 saturated carbocycles. The minimum atomic E-state index is -0.889. The highest BCUT2D eigenvalue weighted by atomic mass is 16.4. The first-order valence-electron chi connectivity index (χ1n) is 6.85. The fourth-order valence-corrected chi connectivity index (χ4v) is 2.54. The molecule has 1 aliphatic heterocycles. The van der Waals surface area contributed by atoms with Crippen molar-refractivity contribution < 1.29 is 19.8 Å². The Balaban J connectivity index is 1.78. The third kappa shape index (κ3) is 3.81. The summed E-state index contributed by atoms with van der Waals surface area (Å²) in [4.78, 5) is 23.6. The van der Waals surface area contributed by atoms with Gasteiger partial charge in [-0.1, -0.05) is 12.5 Å². The highest BCUT2D eigenvalue weighted by Gasteiger charge is 2.19. The van der Waals surface area contributed by atoms with E-state index in [9.17, 15) is 9.59 Å². The van der Waals surface area contributed by atoms with Gasteiger partial charge in [0, 0.05) is 19.5 Å². The quantitative estimate of drug-likeness (QED) is 0.748. The number of aliphatic carboxylic acids is 1. The molecule has 1 aromatic carbocycles. The molecule has 20 heavy (non-hydrogen) atoms. The molecule has 0 spiro atoms. The maximum absolute atomic E-state index is 10.9. The first kappa shape index (κ1) is 14.5. The molecule has 0 atom stereocenters. The van der Waals surface area contributed by atoms with Crippen LogP contribution in [0.15, 0.2) is 18.2 Å². The summed E-state index contributed by atoms with van der Waals surface area (Å²) in [5.74, 6) is -1.63. The molecule has 1 heterocycles. The van der Waals surface area contributed by atoms with E-state index in [4.69, 9.17) is 10.2 Å². The van der Waals surface area contributed by atoms with E-state index in [0.717, 1.165) is 44.5 Å². The molecule has 0 amide bonds. The molecule has 2 rings (SSSR count). The van der Waals surface area contributed by atoms with Crippen molar-refractivity contribution >= 4 is 11.9 Å². The third-order valence-corrected chi connectivity index (χ3v) is 3.61. The second-order valence-electron chi connectivity index (χ2n) is 5.20. The molecule has 0 radical (unpaired) electrons. The van der Waals surface area contributed by atoms with Gasteiger partial charge in [0.1, 0.15) is 0 Å². The Morgan fingerprint density at radius 3 is 2.50 bits per heavy atom. The summed E-state index contributed by atoms with van der Waals surface area (Å²) in [5, 5.41) is 17.5. The van der Waals surface area contributed by atoms with Crippen LogP contribution in [0.4, 0.5) is 0 Å². The topological polar surface area (TPSA) is 77.8 Å². The largest absolute Gasteiger partial charge is 0.481 e. The number of carbonyl (C=O) groups is 2. The fourth-order valence-electron chi connectivity index (χ4n) is 2.54. The van der Waals surface area contributed by atoms with Crippen molar-refractivity contribution in [1.82, 2.24) is 4.90 Å². The van der Waals surface area contributed by atoms with Gasteiger partial charge in [-0.3, -0.25) is 9.69 Å². The summed E-state index contributed by atoms with van der Waals surface area (Å²) < 4.78 is 0. The molecular formula is C15H19NO4. The van der Waals surface area contributed by atoms with Gasteiger partial charge < -0.3 is 10.2 Å². The first-order valence-corrected chi connectivity index (χ1v) is 6.85. The van der Waals surface area contributed by atoms with Gasteiger partial charge in [0.05, 0.1) is 5.56 Å². The summed E-state index contributed by atoms with van der Waals surface area (Å²) in [5.41, 5.74) is 2.63. The molecule has 0 fully saturated rings. The van der Waals surface area contributed by atoms with Crippen LogP contribution in [-0.4, -0.2) is 33.6 Å². The zero-order valence-electron chi connectivity index (χ0n) is 11.3. The molecular weight excluding hydrogens is 258 g/mol. The van der Waals surface area contributed by atoms with Crippen molar-refractivity contribution in [3.63, 3.8) is 0 Å². The van der Waals surface area contributed by atoms with Crippen molar-refractivity contribution in [2.45, 2.75) is 38.8 Å². The van der Waals surface area contributed by atoms with Crippen molar-refractivity contribution in [2.75, 3.05) is 6.54 Å². The third-order valence-electron chi connectivity index (χ3n) is 3.61. The lowest BCUT2D eigenvalue weighted by molar-refractivity contribution is -0.137. The maximum Gasteiger partial charge on any atom is 0.335 e. The predicted octanol–water partition coefficient (Wildman–Crippen LogP) is 2.35. The van der Waals surface area contributed by atoms with Gasteiger partial charge in [-0.25, -0.2) is 4.79 Å². The van der Waals surface area contributed by atoms with E-state index in [-0.39, 0.29) is 6.42 Å². The average Bonchev–Trinajstić information content (AvgIpc) is 2.79. The number of carboxylic acids is 2. The van der Waals surface area contributed by atoms with Gasteiger partial charge in [0.15, 0.2) is 0 Å². The van der Waals surface area contributed by atoms with Crippen LogP contribution in [0.25, 0.3) is 0 Å². The first-order chi connectivity index (χ1) is 9.56. The second-order valence-corrected chi connectivity index (χ2v) is 5.20. The molecule has 1 aromatic rings. The average molecular weight is 277 g/mol. The van der Waals surface area contributed by atoms with Crippen LogP contribution in [0.5, 0.6) is 0 Å². The number of hydrogen-bond acceptors (Lipinski definition) is 3. The van der Waals surface area contributed by atoms with Gasteiger partial charge in [0.2, 0.25) is 0 Å². The number of nitrogens with zero attached hydrogens (tertiary/aromatic N) is 1. The lowest BCUT2D eigenvalue weighted by atomic mass is 10.1. The Bertz CT molecular complexity index is 513. The highest BCUT2D eigenvalue weighted by molar-refractivity contribution is 5.87. The van der Waals surface area contributed by atoms with E-state index in [1.165, 1.54) is 5.56 Å². The monoisotopic (exact) mass is 277 g/mol. The Morgan fingerprint density at radius 1 is 1.05 bits per heavy atom. The Kier molecular flexibility index (Phi) is 4.74. The predicted molar refractivity (Wildman–Crippen MR) is 73.6 cm³/mol. The Labute approximate surface area is 117 Å². The molecule has 2 N–H and O–H groups in total. The maximum atomic E-state index is 10.9. The van der Waals surface area contributed by atoms with E-state index in [2.05, 4.69) is 4.90 Å². The number of carboxylic acid groups (broad SMARTS) is 2. The van der Waals surface area contributed by atoms with E-state index >= 15 is 0 Å². The van der Waals surface area contributed by atoms with E-state index in [0.29, 0.717) is 5.56 Å². The molecule has 108 valence electrons. The van der Waals surface area contributed by atoms with Crippen LogP contribution >= 0.6 is 0 Å². The standard InChI is InChI=1S/C15H19NO4/c17-14(18)4-2-1-3-7-16-9-12-6-5-11(15(19)20)8-13(12)10-16/h5-6,8H,1-4,7,9-10H2,(H,17,18)(H,19,20). The summed E-state index contributed by atoms with van der Waals surface area (Å²) in [7, 11) is 0. The van der Waals surface area contributed by atoms with Crippen LogP contribution in [0, 0.1) is 0 Å². The van der Waals surface area contributed by atoms with Crippen LogP contribution in [0.1, 0.15) is 47.2 Å².